The maximum Gasteiger partial charge on any atom is 0.407 e. The monoisotopic (exact) mass is 912 g/mol. The van der Waals surface area contributed by atoms with Crippen LogP contribution in [0.4, 0.5) is 14.4 Å². The molecule has 0 unspecified atom stereocenters. The Bertz CT molecular complexity index is 1700. The number of hydrogen-bond acceptors (Lipinski definition) is 13. The molecule has 3 fully saturated rings. The number of amides is 9. The van der Waals surface area contributed by atoms with E-state index in [0.717, 1.165) is 14.7 Å². The van der Waals surface area contributed by atoms with E-state index >= 15 is 0 Å². The predicted octanol–water partition coefficient (Wildman–Crippen LogP) is -5.56. The SMILES string of the molecule is NC(N)=NCCC[C@@H]1NC(=O)[C@@H]2C[C@@H](CN2CCNC(=O)CCCNC(=O)CN2CCN(C(=O)O)CCN(C(=O)O)CCN(C(=O)O)CC2)NC(=O)[C@H](CC(=O)O)NC(=O)CNC1=O. The molecule has 0 saturated carbocycles. The number of carbonyl (C=O) groups excluding carboxylic acids is 6. The fraction of sp³-hybridized carbons (Fsp3) is 0.694. The molecule has 2 bridgehead atoms. The molecule has 3 saturated heterocycles. The van der Waals surface area contributed by atoms with Crippen molar-refractivity contribution >= 4 is 65.7 Å². The number of hydrogen-bond donors (Lipinski definition) is 12. The molecule has 3 aliphatic rings. The first-order valence-electron chi connectivity index (χ1n) is 20.7. The zero-order valence-electron chi connectivity index (χ0n) is 35.4. The summed E-state index contributed by atoms with van der Waals surface area (Å²) in [6.07, 6.45) is -3.98. The molecule has 4 atom stereocenters. The first-order chi connectivity index (χ1) is 30.3. The third kappa shape index (κ3) is 18.3. The Morgan fingerprint density at radius 3 is 1.83 bits per heavy atom. The number of nitrogens with zero attached hydrogens (tertiary/aromatic N) is 6. The fourth-order valence-corrected chi connectivity index (χ4v) is 7.14. The van der Waals surface area contributed by atoms with Crippen molar-refractivity contribution in [3.8, 4) is 0 Å². The van der Waals surface area contributed by atoms with Crippen molar-refractivity contribution in [2.45, 2.75) is 62.7 Å². The lowest BCUT2D eigenvalue weighted by Crippen LogP contribution is -2.55. The van der Waals surface area contributed by atoms with Gasteiger partial charge in [0.15, 0.2) is 5.96 Å². The van der Waals surface area contributed by atoms with Crippen molar-refractivity contribution in [1.29, 1.82) is 0 Å². The number of rotatable bonds is 15. The number of carbonyl (C=O) groups is 10. The van der Waals surface area contributed by atoms with E-state index < -0.39 is 90.9 Å². The summed E-state index contributed by atoms with van der Waals surface area (Å²) in [5.74, 6) is -5.26. The van der Waals surface area contributed by atoms with Crippen LogP contribution in [0, 0.1) is 0 Å². The van der Waals surface area contributed by atoms with Crippen LogP contribution in [-0.4, -0.2) is 233 Å². The van der Waals surface area contributed by atoms with Gasteiger partial charge >= 0.3 is 24.2 Å². The second-order valence-electron chi connectivity index (χ2n) is 15.3. The third-order valence-corrected chi connectivity index (χ3v) is 10.5. The summed E-state index contributed by atoms with van der Waals surface area (Å²) in [5, 5.41) is 53.7. The molecule has 3 heterocycles. The number of fused-ring (bicyclic) bond motifs is 2. The second kappa shape index (κ2) is 26.0. The van der Waals surface area contributed by atoms with Crippen LogP contribution < -0.4 is 43.4 Å². The minimum absolute atomic E-state index is 0.00553. The Morgan fingerprint density at radius 2 is 1.27 bits per heavy atom. The summed E-state index contributed by atoms with van der Waals surface area (Å²) in [6, 6.07) is -4.15. The van der Waals surface area contributed by atoms with Gasteiger partial charge in [-0.2, -0.15) is 0 Å². The minimum atomic E-state index is -1.47. The number of carboxylic acids is 1. The molecule has 0 radical (unpaired) electrons. The Labute approximate surface area is 367 Å². The van der Waals surface area contributed by atoms with E-state index in [1.54, 1.807) is 9.80 Å². The van der Waals surface area contributed by atoms with E-state index in [9.17, 15) is 68.4 Å². The normalized spacial score (nSPS) is 22.2. The summed E-state index contributed by atoms with van der Waals surface area (Å²) >= 11 is 0. The van der Waals surface area contributed by atoms with Crippen molar-refractivity contribution in [2.24, 2.45) is 16.5 Å². The Morgan fingerprint density at radius 1 is 0.688 bits per heavy atom. The van der Waals surface area contributed by atoms with E-state index in [0.29, 0.717) is 0 Å². The zero-order chi connectivity index (χ0) is 47.3. The summed E-state index contributed by atoms with van der Waals surface area (Å²) in [4.78, 5) is 135. The number of aliphatic imine (C=N–C) groups is 1. The number of guanidine groups is 1. The molecular formula is C36H60N14O14. The maximum atomic E-state index is 13.7. The summed E-state index contributed by atoms with van der Waals surface area (Å²) in [6.45, 7) is -1.01. The zero-order valence-corrected chi connectivity index (χ0v) is 35.4. The highest BCUT2D eigenvalue weighted by Gasteiger charge is 2.40. The van der Waals surface area contributed by atoms with Gasteiger partial charge in [-0.05, 0) is 25.7 Å². The lowest BCUT2D eigenvalue weighted by atomic mass is 10.1. The average molecular weight is 913 g/mol. The standard InChI is InChI=1S/C36H60N14O14/c37-33(38)41-6-1-3-23-30(56)42-19-27(52)44-24(18-29(54)55)31(57)43-22-17-25(32(58)45-23)50(20-22)8-7-40-26(51)4-2-5-39-28(53)21-46-9-11-47(34(59)60)13-15-49(36(63)64)16-14-48(12-10-46)35(61)62/h22-25H,1-21H2,(H,39,53)(H,40,51)(H,42,56)(H,43,57)(H,44,52)(H,45,58)(H,54,55)(H,59,60)(H,61,62)(H,63,64)(H4,37,38,41)/t22-,23-,24-,25-/m0/s1. The van der Waals surface area contributed by atoms with Crippen LogP contribution in [0.25, 0.3) is 0 Å². The van der Waals surface area contributed by atoms with Gasteiger partial charge < -0.3 is 78.5 Å². The highest BCUT2D eigenvalue weighted by atomic mass is 16.4. The molecule has 358 valence electrons. The molecule has 14 N–H and O–H groups in total. The van der Waals surface area contributed by atoms with Gasteiger partial charge in [0.25, 0.3) is 0 Å². The number of nitrogens with one attached hydrogen (secondary N) is 6. The van der Waals surface area contributed by atoms with E-state index in [-0.39, 0.29) is 136 Å². The molecule has 0 aliphatic carbocycles. The topological polar surface area (TPSA) is 404 Å². The number of likely N-dealkylation sites (tertiary alicyclic amines) is 1. The molecule has 28 nitrogen and oxygen atoms in total. The molecule has 9 amide bonds. The van der Waals surface area contributed by atoms with Crippen LogP contribution in [-0.2, 0) is 33.6 Å². The van der Waals surface area contributed by atoms with E-state index in [1.807, 2.05) is 0 Å². The molecule has 3 rings (SSSR count). The van der Waals surface area contributed by atoms with Crippen LogP contribution in [0.15, 0.2) is 4.99 Å². The lowest BCUT2D eigenvalue weighted by Gasteiger charge is -2.31. The fourth-order valence-electron chi connectivity index (χ4n) is 7.14. The Kier molecular flexibility index (Phi) is 21.0. The highest BCUT2D eigenvalue weighted by molar-refractivity contribution is 5.95. The first kappa shape index (κ1) is 51.6. The van der Waals surface area contributed by atoms with Crippen molar-refractivity contribution in [1.82, 2.24) is 56.4 Å². The van der Waals surface area contributed by atoms with E-state index in [2.05, 4.69) is 36.9 Å². The molecular weight excluding hydrogens is 852 g/mol. The van der Waals surface area contributed by atoms with Crippen LogP contribution in [0.5, 0.6) is 0 Å². The molecule has 3 aliphatic heterocycles. The van der Waals surface area contributed by atoms with Crippen LogP contribution in [0.1, 0.15) is 38.5 Å². The smallest absolute Gasteiger partial charge is 0.407 e. The summed E-state index contributed by atoms with van der Waals surface area (Å²) in [7, 11) is 0. The van der Waals surface area contributed by atoms with Gasteiger partial charge in [-0.1, -0.05) is 0 Å². The second-order valence-corrected chi connectivity index (χ2v) is 15.3. The number of carboxylic acid groups (broad SMARTS) is 4. The van der Waals surface area contributed by atoms with Crippen molar-refractivity contribution in [2.75, 3.05) is 98.2 Å². The molecule has 28 heteroatoms. The first-order valence-corrected chi connectivity index (χ1v) is 20.7. The maximum absolute atomic E-state index is 13.7. The van der Waals surface area contributed by atoms with Gasteiger partial charge in [-0.3, -0.25) is 48.4 Å². The number of aliphatic carboxylic acids is 1. The Balaban J connectivity index is 1.56. The van der Waals surface area contributed by atoms with Gasteiger partial charge in [0, 0.05) is 97.5 Å². The van der Waals surface area contributed by atoms with Gasteiger partial charge in [-0.15, -0.1) is 0 Å². The predicted molar refractivity (Wildman–Crippen MR) is 221 cm³/mol. The van der Waals surface area contributed by atoms with Crippen molar-refractivity contribution in [3.63, 3.8) is 0 Å². The van der Waals surface area contributed by atoms with Crippen LogP contribution in [0.3, 0.4) is 0 Å². The molecule has 0 aromatic carbocycles. The third-order valence-electron chi connectivity index (χ3n) is 10.5. The molecule has 64 heavy (non-hydrogen) atoms. The largest absolute Gasteiger partial charge is 0.481 e. The van der Waals surface area contributed by atoms with Crippen molar-refractivity contribution in [3.05, 3.63) is 0 Å². The summed E-state index contributed by atoms with van der Waals surface area (Å²) in [5.41, 5.74) is 10.8. The van der Waals surface area contributed by atoms with Crippen LogP contribution >= 0.6 is 0 Å². The highest BCUT2D eigenvalue weighted by Crippen LogP contribution is 2.19. The molecule has 0 aromatic heterocycles. The minimum Gasteiger partial charge on any atom is -0.481 e. The van der Waals surface area contributed by atoms with Crippen molar-refractivity contribution < 1.29 is 68.4 Å². The van der Waals surface area contributed by atoms with Gasteiger partial charge in [0.05, 0.1) is 25.6 Å². The van der Waals surface area contributed by atoms with Crippen LogP contribution in [0.2, 0.25) is 0 Å². The van der Waals surface area contributed by atoms with E-state index in [4.69, 9.17) is 11.5 Å². The van der Waals surface area contributed by atoms with Gasteiger partial charge in [-0.25, -0.2) is 14.4 Å². The summed E-state index contributed by atoms with van der Waals surface area (Å²) < 4.78 is 0. The molecule has 0 aromatic rings. The van der Waals surface area contributed by atoms with E-state index in [1.165, 1.54) is 0 Å². The number of nitrogens with two attached hydrogens (primary N) is 2. The average Bonchev–Trinajstić information content (AvgIpc) is 3.61. The van der Waals surface area contributed by atoms with Gasteiger partial charge in [0.2, 0.25) is 35.4 Å². The lowest BCUT2D eigenvalue weighted by molar-refractivity contribution is -0.141. The quantitative estimate of drug-likeness (QED) is 0.0414. The molecule has 0 spiro atoms. The Hall–Kier alpha value is -6.71. The van der Waals surface area contributed by atoms with Gasteiger partial charge in [0.1, 0.15) is 12.1 Å².